The monoisotopic (exact) mass is 293 g/mol. The average molecular weight is 293 g/mol. The maximum absolute atomic E-state index is 6.12. The van der Waals surface area contributed by atoms with E-state index in [1.54, 1.807) is 38.1 Å². The number of ether oxygens (including phenoxy) is 3. The standard InChI is InChI=1S/C13H19N5O3/c1-8(19-2)7-18-13(15-16-17-18)10-5-9(20-3)6-11(21-4)12(10)14/h5-6,8H,7,14H2,1-4H3. The zero-order chi connectivity index (χ0) is 15.4. The third-order valence-corrected chi connectivity index (χ3v) is 3.18. The number of nitrogen functional groups attached to an aromatic ring is 1. The molecule has 0 bridgehead atoms. The molecule has 21 heavy (non-hydrogen) atoms. The maximum atomic E-state index is 6.12. The maximum Gasteiger partial charge on any atom is 0.184 e. The highest BCUT2D eigenvalue weighted by atomic mass is 16.5. The summed E-state index contributed by atoms with van der Waals surface area (Å²) in [4.78, 5) is 0. The van der Waals surface area contributed by atoms with Crippen molar-refractivity contribution in [2.45, 2.75) is 19.6 Å². The van der Waals surface area contributed by atoms with Crippen LogP contribution in [-0.4, -0.2) is 47.6 Å². The second-order valence-electron chi connectivity index (χ2n) is 4.52. The van der Waals surface area contributed by atoms with Crippen LogP contribution in [0.25, 0.3) is 11.4 Å². The van der Waals surface area contributed by atoms with Crippen molar-refractivity contribution in [2.24, 2.45) is 0 Å². The van der Waals surface area contributed by atoms with Crippen LogP contribution >= 0.6 is 0 Å². The number of hydrogen-bond donors (Lipinski definition) is 1. The minimum atomic E-state index is -0.0269. The van der Waals surface area contributed by atoms with Crippen molar-refractivity contribution in [1.82, 2.24) is 20.2 Å². The van der Waals surface area contributed by atoms with Crippen molar-refractivity contribution in [1.29, 1.82) is 0 Å². The Kier molecular flexibility index (Phi) is 4.59. The molecule has 1 atom stereocenters. The molecule has 0 aliphatic carbocycles. The Morgan fingerprint density at radius 2 is 2.00 bits per heavy atom. The smallest absolute Gasteiger partial charge is 0.184 e. The Balaban J connectivity index is 2.49. The molecule has 2 N–H and O–H groups in total. The topological polar surface area (TPSA) is 97.3 Å². The van der Waals surface area contributed by atoms with Gasteiger partial charge in [-0.25, -0.2) is 4.68 Å². The van der Waals surface area contributed by atoms with Gasteiger partial charge in [0.2, 0.25) is 0 Å². The quantitative estimate of drug-likeness (QED) is 0.792. The third kappa shape index (κ3) is 3.05. The number of methoxy groups -OCH3 is 3. The molecule has 1 aromatic heterocycles. The van der Waals surface area contributed by atoms with Gasteiger partial charge in [-0.2, -0.15) is 0 Å². The van der Waals surface area contributed by atoms with E-state index in [1.165, 1.54) is 0 Å². The van der Waals surface area contributed by atoms with E-state index in [0.717, 1.165) is 0 Å². The largest absolute Gasteiger partial charge is 0.497 e. The van der Waals surface area contributed by atoms with Gasteiger partial charge in [0, 0.05) is 13.2 Å². The normalized spacial score (nSPS) is 12.2. The van der Waals surface area contributed by atoms with Crippen LogP contribution in [0.4, 0.5) is 5.69 Å². The van der Waals surface area contributed by atoms with Gasteiger partial charge in [0.25, 0.3) is 0 Å². The van der Waals surface area contributed by atoms with Crippen LogP contribution in [0.15, 0.2) is 12.1 Å². The first-order valence-electron chi connectivity index (χ1n) is 6.41. The second-order valence-corrected chi connectivity index (χ2v) is 4.52. The molecule has 1 heterocycles. The molecule has 0 saturated heterocycles. The summed E-state index contributed by atoms with van der Waals surface area (Å²) in [7, 11) is 4.76. The van der Waals surface area contributed by atoms with Crippen molar-refractivity contribution >= 4 is 5.69 Å². The van der Waals surface area contributed by atoms with E-state index < -0.39 is 0 Å². The van der Waals surface area contributed by atoms with Gasteiger partial charge < -0.3 is 19.9 Å². The van der Waals surface area contributed by atoms with Crippen molar-refractivity contribution in [3.63, 3.8) is 0 Å². The van der Waals surface area contributed by atoms with Gasteiger partial charge in [-0.15, -0.1) is 5.10 Å². The summed E-state index contributed by atoms with van der Waals surface area (Å²) in [6.07, 6.45) is -0.0269. The predicted octanol–water partition coefficient (Wildman–Crippen LogP) is 0.974. The molecule has 8 nitrogen and oxygen atoms in total. The summed E-state index contributed by atoms with van der Waals surface area (Å²) < 4.78 is 17.4. The van der Waals surface area contributed by atoms with Crippen molar-refractivity contribution in [2.75, 3.05) is 27.1 Å². The van der Waals surface area contributed by atoms with Crippen LogP contribution in [0, 0.1) is 0 Å². The van der Waals surface area contributed by atoms with E-state index >= 15 is 0 Å². The molecule has 8 heteroatoms. The van der Waals surface area contributed by atoms with E-state index in [0.29, 0.717) is 35.1 Å². The third-order valence-electron chi connectivity index (χ3n) is 3.18. The molecule has 1 aromatic carbocycles. The number of rotatable bonds is 6. The summed E-state index contributed by atoms with van der Waals surface area (Å²) in [6.45, 7) is 2.44. The lowest BCUT2D eigenvalue weighted by molar-refractivity contribution is 0.0997. The number of nitrogens with zero attached hydrogens (tertiary/aromatic N) is 4. The lowest BCUT2D eigenvalue weighted by Gasteiger charge is -2.14. The van der Waals surface area contributed by atoms with Gasteiger partial charge in [-0.1, -0.05) is 0 Å². The highest BCUT2D eigenvalue weighted by molar-refractivity contribution is 5.78. The highest BCUT2D eigenvalue weighted by Crippen LogP contribution is 2.36. The first-order chi connectivity index (χ1) is 10.1. The lowest BCUT2D eigenvalue weighted by Crippen LogP contribution is -2.17. The van der Waals surface area contributed by atoms with Crippen LogP contribution in [0.5, 0.6) is 11.5 Å². The summed E-state index contributed by atoms with van der Waals surface area (Å²) >= 11 is 0. The minimum absolute atomic E-state index is 0.0269. The fourth-order valence-electron chi connectivity index (χ4n) is 1.91. The molecule has 1 unspecified atom stereocenters. The molecule has 0 aliphatic rings. The highest BCUT2D eigenvalue weighted by Gasteiger charge is 2.18. The summed E-state index contributed by atoms with van der Waals surface area (Å²) in [6, 6.07) is 3.49. The van der Waals surface area contributed by atoms with E-state index in [2.05, 4.69) is 15.5 Å². The first-order valence-corrected chi connectivity index (χ1v) is 6.41. The average Bonchev–Trinajstić information content (AvgIpc) is 2.95. The zero-order valence-corrected chi connectivity index (χ0v) is 12.5. The lowest BCUT2D eigenvalue weighted by atomic mass is 10.1. The van der Waals surface area contributed by atoms with Crippen LogP contribution in [0.3, 0.4) is 0 Å². The Morgan fingerprint density at radius 3 is 2.62 bits per heavy atom. The molecule has 0 fully saturated rings. The Hall–Kier alpha value is -2.35. The van der Waals surface area contributed by atoms with Crippen molar-refractivity contribution < 1.29 is 14.2 Å². The van der Waals surface area contributed by atoms with Gasteiger partial charge in [0.1, 0.15) is 11.5 Å². The fourth-order valence-corrected chi connectivity index (χ4v) is 1.91. The molecule has 2 aromatic rings. The zero-order valence-electron chi connectivity index (χ0n) is 12.5. The second kappa shape index (κ2) is 6.40. The van der Waals surface area contributed by atoms with Crippen LogP contribution in [0.1, 0.15) is 6.92 Å². The van der Waals surface area contributed by atoms with E-state index in [-0.39, 0.29) is 6.10 Å². The summed E-state index contributed by atoms with van der Waals surface area (Å²) in [5, 5.41) is 11.7. The van der Waals surface area contributed by atoms with E-state index in [1.807, 2.05) is 6.92 Å². The van der Waals surface area contributed by atoms with Gasteiger partial charge in [0.05, 0.1) is 38.1 Å². The molecule has 0 saturated carbocycles. The molecule has 0 aliphatic heterocycles. The minimum Gasteiger partial charge on any atom is -0.497 e. The molecule has 2 rings (SSSR count). The van der Waals surface area contributed by atoms with Gasteiger partial charge >= 0.3 is 0 Å². The van der Waals surface area contributed by atoms with Crippen molar-refractivity contribution in [3.05, 3.63) is 12.1 Å². The summed E-state index contributed by atoms with van der Waals surface area (Å²) in [5.41, 5.74) is 7.23. The van der Waals surface area contributed by atoms with Crippen LogP contribution < -0.4 is 15.2 Å². The molecule has 0 amide bonds. The van der Waals surface area contributed by atoms with Gasteiger partial charge in [-0.3, -0.25) is 0 Å². The van der Waals surface area contributed by atoms with Gasteiger partial charge in [-0.05, 0) is 23.4 Å². The molecule has 0 radical (unpaired) electrons. The molecule has 114 valence electrons. The van der Waals surface area contributed by atoms with Crippen LogP contribution in [-0.2, 0) is 11.3 Å². The number of tetrazole rings is 1. The Bertz CT molecular complexity index is 614. The molecular weight excluding hydrogens is 274 g/mol. The van der Waals surface area contributed by atoms with E-state index in [4.69, 9.17) is 19.9 Å². The number of hydrogen-bond acceptors (Lipinski definition) is 7. The molecular formula is C13H19N5O3. The predicted molar refractivity (Wildman–Crippen MR) is 77.2 cm³/mol. The number of benzene rings is 1. The van der Waals surface area contributed by atoms with Crippen molar-refractivity contribution in [3.8, 4) is 22.9 Å². The fraction of sp³-hybridized carbons (Fsp3) is 0.462. The Labute approximate surface area is 122 Å². The number of anilines is 1. The van der Waals surface area contributed by atoms with Gasteiger partial charge in [0.15, 0.2) is 5.82 Å². The van der Waals surface area contributed by atoms with Crippen LogP contribution in [0.2, 0.25) is 0 Å². The first kappa shape index (κ1) is 15.0. The number of nitrogens with two attached hydrogens (primary N) is 1. The summed E-state index contributed by atoms with van der Waals surface area (Å²) in [5.74, 6) is 1.66. The van der Waals surface area contributed by atoms with E-state index in [9.17, 15) is 0 Å². The molecule has 0 spiro atoms. The Morgan fingerprint density at radius 1 is 1.24 bits per heavy atom. The number of aromatic nitrogens is 4. The SMILES string of the molecule is COc1cc(OC)c(N)c(-c2nnnn2CC(C)OC)c1.